The first-order valence-corrected chi connectivity index (χ1v) is 10.3. The summed E-state index contributed by atoms with van der Waals surface area (Å²) in [4.78, 5) is 26.1. The molecule has 1 amide bonds. The van der Waals surface area contributed by atoms with E-state index in [4.69, 9.17) is 4.74 Å². The second-order valence-electron chi connectivity index (χ2n) is 8.01. The largest absolute Gasteiger partial charge is 0.439 e. The number of benzene rings is 1. The zero-order valence-corrected chi connectivity index (χ0v) is 16.3. The van der Waals surface area contributed by atoms with E-state index in [1.165, 1.54) is 0 Å². The van der Waals surface area contributed by atoms with E-state index in [1.807, 2.05) is 36.5 Å². The maximum absolute atomic E-state index is 11.9. The fourth-order valence-corrected chi connectivity index (χ4v) is 3.86. The maximum Gasteiger partial charge on any atom is 0.223 e. The predicted octanol–water partition coefficient (Wildman–Crippen LogP) is 3.24. The summed E-state index contributed by atoms with van der Waals surface area (Å²) in [5.74, 6) is 1.84. The minimum Gasteiger partial charge on any atom is -0.439 e. The molecule has 0 bridgehead atoms. The molecule has 3 heterocycles. The van der Waals surface area contributed by atoms with Crippen LogP contribution in [0.3, 0.4) is 0 Å². The number of likely N-dealkylation sites (tertiary alicyclic amines) is 1. The molecule has 150 valence electrons. The fourth-order valence-electron chi connectivity index (χ4n) is 3.86. The van der Waals surface area contributed by atoms with Gasteiger partial charge in [0.2, 0.25) is 11.8 Å². The molecule has 1 aliphatic heterocycles. The normalized spacial score (nSPS) is 18.1. The van der Waals surface area contributed by atoms with E-state index in [9.17, 15) is 4.79 Å². The molecular formula is C22H25N5O2. The number of nitrogens with one attached hydrogen (secondary N) is 2. The van der Waals surface area contributed by atoms with Gasteiger partial charge in [0.05, 0.1) is 5.69 Å². The molecule has 5 rings (SSSR count). The van der Waals surface area contributed by atoms with Gasteiger partial charge in [-0.1, -0.05) is 0 Å². The Morgan fingerprint density at radius 3 is 2.83 bits per heavy atom. The molecule has 1 saturated carbocycles. The third-order valence-electron chi connectivity index (χ3n) is 5.71. The van der Waals surface area contributed by atoms with Gasteiger partial charge in [-0.3, -0.25) is 9.69 Å². The zero-order chi connectivity index (χ0) is 19.6. The molecule has 2 aromatic heterocycles. The topological polar surface area (TPSA) is 83.1 Å². The number of carbonyl (C=O) groups is 1. The molecule has 0 spiro atoms. The van der Waals surface area contributed by atoms with Crippen LogP contribution in [-0.4, -0.2) is 44.9 Å². The average Bonchev–Trinajstić information content (AvgIpc) is 3.48. The van der Waals surface area contributed by atoms with Gasteiger partial charge in [-0.15, -0.1) is 0 Å². The van der Waals surface area contributed by atoms with E-state index in [0.717, 1.165) is 67.7 Å². The van der Waals surface area contributed by atoms with E-state index in [-0.39, 0.29) is 11.8 Å². The van der Waals surface area contributed by atoms with Crippen LogP contribution in [0.5, 0.6) is 11.6 Å². The summed E-state index contributed by atoms with van der Waals surface area (Å²) in [7, 11) is 0. The number of fused-ring (bicyclic) bond motifs is 1. The summed E-state index contributed by atoms with van der Waals surface area (Å²) in [5.41, 5.74) is 2.02. The van der Waals surface area contributed by atoms with Crippen molar-refractivity contribution in [2.75, 3.05) is 13.1 Å². The van der Waals surface area contributed by atoms with Crippen LogP contribution in [0.1, 0.15) is 31.4 Å². The molecular weight excluding hydrogens is 366 g/mol. The number of rotatable bonds is 6. The van der Waals surface area contributed by atoms with Crippen LogP contribution in [-0.2, 0) is 11.3 Å². The Morgan fingerprint density at radius 1 is 1.14 bits per heavy atom. The van der Waals surface area contributed by atoms with Crippen LogP contribution in [0.15, 0.2) is 42.9 Å². The molecule has 2 fully saturated rings. The zero-order valence-electron chi connectivity index (χ0n) is 16.3. The second kappa shape index (κ2) is 7.83. The molecule has 7 nitrogen and oxygen atoms in total. The quantitative estimate of drug-likeness (QED) is 0.674. The number of amides is 1. The van der Waals surface area contributed by atoms with Crippen molar-refractivity contribution in [2.45, 2.75) is 38.3 Å². The van der Waals surface area contributed by atoms with Crippen molar-refractivity contribution in [3.8, 4) is 11.6 Å². The van der Waals surface area contributed by atoms with Crippen molar-refractivity contribution >= 4 is 16.8 Å². The number of ether oxygens (including phenoxy) is 1. The number of H-pyrrole nitrogens is 1. The number of nitrogens with zero attached hydrogens (tertiary/aromatic N) is 3. The first-order valence-electron chi connectivity index (χ1n) is 10.3. The van der Waals surface area contributed by atoms with Crippen LogP contribution in [0.25, 0.3) is 10.9 Å². The van der Waals surface area contributed by atoms with Crippen LogP contribution >= 0.6 is 0 Å². The summed E-state index contributed by atoms with van der Waals surface area (Å²) < 4.78 is 5.94. The summed E-state index contributed by atoms with van der Waals surface area (Å²) in [6.45, 7) is 2.68. The first-order chi connectivity index (χ1) is 14.2. The summed E-state index contributed by atoms with van der Waals surface area (Å²) in [5, 5.41) is 4.30. The van der Waals surface area contributed by atoms with E-state index >= 15 is 0 Å². The lowest BCUT2D eigenvalue weighted by Gasteiger charge is -2.32. The second-order valence-corrected chi connectivity index (χ2v) is 8.01. The van der Waals surface area contributed by atoms with Crippen LogP contribution in [0.4, 0.5) is 0 Å². The Bertz CT molecular complexity index is 1010. The SMILES string of the molecule is O=C(NC1CCN(Cc2cc(Oc3ccc4[nH]ccc4c3)ncn2)CC1)C1CC1. The van der Waals surface area contributed by atoms with Crippen molar-refractivity contribution in [2.24, 2.45) is 5.92 Å². The minimum absolute atomic E-state index is 0.249. The lowest BCUT2D eigenvalue weighted by Crippen LogP contribution is -2.44. The van der Waals surface area contributed by atoms with Crippen molar-refractivity contribution in [3.63, 3.8) is 0 Å². The highest BCUT2D eigenvalue weighted by molar-refractivity contribution is 5.81. The van der Waals surface area contributed by atoms with Gasteiger partial charge >= 0.3 is 0 Å². The number of piperidine rings is 1. The van der Waals surface area contributed by atoms with Gasteiger partial charge in [-0.2, -0.15) is 0 Å². The third-order valence-corrected chi connectivity index (χ3v) is 5.71. The number of hydrogen-bond acceptors (Lipinski definition) is 5. The molecule has 0 radical (unpaired) electrons. The monoisotopic (exact) mass is 391 g/mol. The van der Waals surface area contributed by atoms with Crippen LogP contribution < -0.4 is 10.1 Å². The first kappa shape index (κ1) is 18.1. The Kier molecular flexibility index (Phi) is 4.89. The highest BCUT2D eigenvalue weighted by Gasteiger charge is 2.31. The van der Waals surface area contributed by atoms with Crippen LogP contribution in [0.2, 0.25) is 0 Å². The molecule has 7 heteroatoms. The standard InChI is InChI=1S/C22H25N5O2/c28-22(15-1-2-15)26-17-6-9-27(10-7-17)13-18-12-21(25-14-24-18)29-19-3-4-20-16(11-19)5-8-23-20/h3-5,8,11-12,14-15,17,23H,1-2,6-7,9-10,13H2,(H,26,28). The van der Waals surface area contributed by atoms with E-state index in [1.54, 1.807) is 6.33 Å². The van der Waals surface area contributed by atoms with Gasteiger partial charge in [0, 0.05) is 54.8 Å². The highest BCUT2D eigenvalue weighted by atomic mass is 16.5. The number of aromatic nitrogens is 3. The molecule has 0 atom stereocenters. The van der Waals surface area contributed by atoms with Gasteiger partial charge in [-0.25, -0.2) is 9.97 Å². The number of carbonyl (C=O) groups excluding carboxylic acids is 1. The summed E-state index contributed by atoms with van der Waals surface area (Å²) >= 11 is 0. The Hall–Kier alpha value is -2.93. The van der Waals surface area contributed by atoms with Gasteiger partial charge in [0.1, 0.15) is 12.1 Å². The molecule has 29 heavy (non-hydrogen) atoms. The smallest absolute Gasteiger partial charge is 0.223 e. The molecule has 1 saturated heterocycles. The highest BCUT2D eigenvalue weighted by Crippen LogP contribution is 2.29. The Balaban J connectivity index is 1.16. The number of aromatic amines is 1. The lowest BCUT2D eigenvalue weighted by molar-refractivity contribution is -0.123. The van der Waals surface area contributed by atoms with Crippen molar-refractivity contribution in [1.82, 2.24) is 25.2 Å². The summed E-state index contributed by atoms with van der Waals surface area (Å²) in [6, 6.07) is 10.2. The predicted molar refractivity (Wildman–Crippen MR) is 110 cm³/mol. The van der Waals surface area contributed by atoms with Crippen molar-refractivity contribution in [3.05, 3.63) is 48.5 Å². The van der Waals surface area contributed by atoms with Crippen LogP contribution in [0, 0.1) is 5.92 Å². The van der Waals surface area contributed by atoms with Gasteiger partial charge in [-0.05, 0) is 49.9 Å². The maximum atomic E-state index is 11.9. The molecule has 1 aromatic carbocycles. The molecule has 1 aliphatic carbocycles. The molecule has 2 N–H and O–H groups in total. The van der Waals surface area contributed by atoms with E-state index in [0.29, 0.717) is 11.9 Å². The minimum atomic E-state index is 0.249. The molecule has 0 unspecified atom stereocenters. The Labute approximate surface area is 169 Å². The third kappa shape index (κ3) is 4.40. The van der Waals surface area contributed by atoms with Crippen molar-refractivity contribution < 1.29 is 9.53 Å². The average molecular weight is 391 g/mol. The van der Waals surface area contributed by atoms with Crippen molar-refractivity contribution in [1.29, 1.82) is 0 Å². The number of hydrogen-bond donors (Lipinski definition) is 2. The fraction of sp³-hybridized carbons (Fsp3) is 0.409. The van der Waals surface area contributed by atoms with E-state index < -0.39 is 0 Å². The molecule has 3 aromatic rings. The Morgan fingerprint density at radius 2 is 2.00 bits per heavy atom. The van der Waals surface area contributed by atoms with Gasteiger partial charge < -0.3 is 15.0 Å². The molecule has 2 aliphatic rings. The summed E-state index contributed by atoms with van der Waals surface area (Å²) in [6.07, 6.45) is 7.57. The van der Waals surface area contributed by atoms with Gasteiger partial charge in [0.15, 0.2) is 0 Å². The lowest BCUT2D eigenvalue weighted by atomic mass is 10.0. The van der Waals surface area contributed by atoms with Gasteiger partial charge in [0.25, 0.3) is 0 Å². The van der Waals surface area contributed by atoms with E-state index in [2.05, 4.69) is 25.2 Å².